The van der Waals surface area contributed by atoms with Crippen molar-refractivity contribution in [2.45, 2.75) is 26.3 Å². The van der Waals surface area contributed by atoms with Crippen LogP contribution in [0.3, 0.4) is 0 Å². The van der Waals surface area contributed by atoms with Gasteiger partial charge in [0.2, 0.25) is 5.91 Å². The molecule has 1 amide bonds. The summed E-state index contributed by atoms with van der Waals surface area (Å²) in [4.78, 5) is 11.8. The van der Waals surface area contributed by atoms with Gasteiger partial charge < -0.3 is 4.42 Å². The van der Waals surface area contributed by atoms with E-state index in [2.05, 4.69) is 5.10 Å². The second kappa shape index (κ2) is 4.96. The van der Waals surface area contributed by atoms with E-state index in [0.29, 0.717) is 6.42 Å². The fourth-order valence-corrected chi connectivity index (χ4v) is 2.47. The highest BCUT2D eigenvalue weighted by Crippen LogP contribution is 2.32. The van der Waals surface area contributed by atoms with Gasteiger partial charge in [-0.1, -0.05) is 30.3 Å². The Labute approximate surface area is 117 Å². The lowest BCUT2D eigenvalue weighted by Gasteiger charge is -2.20. The first-order valence-electron chi connectivity index (χ1n) is 6.64. The molecular formula is C16H16N2O2. The average molecular weight is 268 g/mol. The normalized spacial score (nSPS) is 18.2. The van der Waals surface area contributed by atoms with Crippen molar-refractivity contribution in [3.63, 3.8) is 0 Å². The zero-order valence-electron chi connectivity index (χ0n) is 11.5. The van der Waals surface area contributed by atoms with E-state index in [-0.39, 0.29) is 11.9 Å². The molecule has 1 aromatic heterocycles. The first-order chi connectivity index (χ1) is 9.65. The molecule has 4 heteroatoms. The largest absolute Gasteiger partial charge is 0.460 e. The summed E-state index contributed by atoms with van der Waals surface area (Å²) in [5.41, 5.74) is 1.91. The Hall–Kier alpha value is -2.36. The van der Waals surface area contributed by atoms with Crippen LogP contribution in [0.2, 0.25) is 0 Å². The van der Waals surface area contributed by atoms with Crippen LogP contribution in [0.5, 0.6) is 0 Å². The lowest BCUT2D eigenvalue weighted by molar-refractivity contribution is -0.130. The maximum absolute atomic E-state index is 11.8. The van der Waals surface area contributed by atoms with Gasteiger partial charge in [0, 0.05) is 13.3 Å². The second-order valence-electron chi connectivity index (χ2n) is 4.95. The van der Waals surface area contributed by atoms with Crippen molar-refractivity contribution in [3.8, 4) is 0 Å². The van der Waals surface area contributed by atoms with E-state index in [0.717, 1.165) is 22.8 Å². The molecular weight excluding hydrogens is 252 g/mol. The number of aryl methyl sites for hydroxylation is 1. The van der Waals surface area contributed by atoms with E-state index >= 15 is 0 Å². The molecule has 1 aromatic carbocycles. The van der Waals surface area contributed by atoms with Crippen molar-refractivity contribution in [3.05, 3.63) is 59.5 Å². The molecule has 4 nitrogen and oxygen atoms in total. The van der Waals surface area contributed by atoms with Crippen LogP contribution in [-0.4, -0.2) is 16.6 Å². The van der Waals surface area contributed by atoms with Crippen LogP contribution in [-0.2, 0) is 4.79 Å². The highest BCUT2D eigenvalue weighted by molar-refractivity contribution is 6.01. The predicted octanol–water partition coefficient (Wildman–Crippen LogP) is 3.29. The number of benzene rings is 1. The van der Waals surface area contributed by atoms with Crippen LogP contribution in [0.15, 0.2) is 52.0 Å². The number of hydrogen-bond donors (Lipinski definition) is 0. The maximum Gasteiger partial charge on any atom is 0.240 e. The minimum absolute atomic E-state index is 0.0471. The van der Waals surface area contributed by atoms with Crippen molar-refractivity contribution in [1.82, 2.24) is 5.01 Å². The molecule has 2 aromatic rings. The number of rotatable bonds is 2. The number of amides is 1. The van der Waals surface area contributed by atoms with Gasteiger partial charge in [0.1, 0.15) is 17.2 Å². The molecule has 0 radical (unpaired) electrons. The average Bonchev–Trinajstić information content (AvgIpc) is 3.05. The molecule has 0 bridgehead atoms. The first kappa shape index (κ1) is 12.7. The summed E-state index contributed by atoms with van der Waals surface area (Å²) < 4.78 is 5.61. The van der Waals surface area contributed by atoms with E-state index in [4.69, 9.17) is 4.42 Å². The Morgan fingerprint density at radius 3 is 2.60 bits per heavy atom. The molecule has 0 N–H and O–H groups in total. The van der Waals surface area contributed by atoms with E-state index < -0.39 is 0 Å². The Morgan fingerprint density at radius 2 is 2.00 bits per heavy atom. The lowest BCUT2D eigenvalue weighted by Crippen LogP contribution is -2.24. The molecule has 20 heavy (non-hydrogen) atoms. The van der Waals surface area contributed by atoms with Gasteiger partial charge in [-0.2, -0.15) is 5.10 Å². The Balaban J connectivity index is 1.94. The molecule has 1 aliphatic rings. The van der Waals surface area contributed by atoms with Crippen LogP contribution >= 0.6 is 0 Å². The van der Waals surface area contributed by atoms with E-state index in [9.17, 15) is 4.79 Å². The monoisotopic (exact) mass is 268 g/mol. The Morgan fingerprint density at radius 1 is 1.25 bits per heavy atom. The molecule has 0 fully saturated rings. The third-order valence-electron chi connectivity index (χ3n) is 3.44. The van der Waals surface area contributed by atoms with Crippen LogP contribution in [0.25, 0.3) is 0 Å². The number of hydrazone groups is 1. The summed E-state index contributed by atoms with van der Waals surface area (Å²) in [5, 5.41) is 5.98. The number of carbonyl (C=O) groups excluding carboxylic acids is 1. The number of nitrogens with zero attached hydrogens (tertiary/aromatic N) is 2. The number of hydrogen-bond acceptors (Lipinski definition) is 3. The predicted molar refractivity (Wildman–Crippen MR) is 76.3 cm³/mol. The van der Waals surface area contributed by atoms with E-state index in [1.54, 1.807) is 5.01 Å². The second-order valence-corrected chi connectivity index (χ2v) is 4.95. The molecule has 1 aliphatic heterocycles. The zero-order chi connectivity index (χ0) is 14.1. The van der Waals surface area contributed by atoms with Gasteiger partial charge in [-0.25, -0.2) is 5.01 Å². The molecule has 0 saturated carbocycles. The van der Waals surface area contributed by atoms with Crippen molar-refractivity contribution in [2.75, 3.05) is 0 Å². The van der Waals surface area contributed by atoms with Crippen molar-refractivity contribution >= 4 is 11.6 Å². The third-order valence-corrected chi connectivity index (χ3v) is 3.44. The molecule has 0 saturated heterocycles. The molecule has 0 spiro atoms. The van der Waals surface area contributed by atoms with E-state index in [1.165, 1.54) is 6.92 Å². The lowest BCUT2D eigenvalue weighted by atomic mass is 10.0. The van der Waals surface area contributed by atoms with Gasteiger partial charge >= 0.3 is 0 Å². The van der Waals surface area contributed by atoms with Gasteiger partial charge in [-0.15, -0.1) is 0 Å². The standard InChI is InChI=1S/C16H16N2O2/c1-11-8-9-16(20-11)14-10-15(18(17-14)12(2)19)13-6-4-3-5-7-13/h3-9,15H,10H2,1-2H3. The highest BCUT2D eigenvalue weighted by Gasteiger charge is 2.32. The molecule has 102 valence electrons. The van der Waals surface area contributed by atoms with Crippen LogP contribution < -0.4 is 0 Å². The molecule has 2 heterocycles. The zero-order valence-corrected chi connectivity index (χ0v) is 11.5. The molecule has 3 rings (SSSR count). The first-order valence-corrected chi connectivity index (χ1v) is 6.64. The summed E-state index contributed by atoms with van der Waals surface area (Å²) in [7, 11) is 0. The summed E-state index contributed by atoms with van der Waals surface area (Å²) in [5.74, 6) is 1.53. The van der Waals surface area contributed by atoms with Gasteiger partial charge in [-0.05, 0) is 24.6 Å². The van der Waals surface area contributed by atoms with E-state index in [1.807, 2.05) is 49.4 Å². The van der Waals surface area contributed by atoms with Gasteiger partial charge in [0.25, 0.3) is 0 Å². The summed E-state index contributed by atoms with van der Waals surface area (Å²) in [6.45, 7) is 3.44. The van der Waals surface area contributed by atoms with Gasteiger partial charge in [-0.3, -0.25) is 4.79 Å². The summed E-state index contributed by atoms with van der Waals surface area (Å²) in [6, 6.07) is 13.7. The van der Waals surface area contributed by atoms with Gasteiger partial charge in [0.15, 0.2) is 0 Å². The summed E-state index contributed by atoms with van der Waals surface area (Å²) >= 11 is 0. The van der Waals surface area contributed by atoms with Crippen LogP contribution in [0, 0.1) is 6.92 Å². The van der Waals surface area contributed by atoms with Gasteiger partial charge in [0.05, 0.1) is 6.04 Å². The fraction of sp³-hybridized carbons (Fsp3) is 0.250. The number of carbonyl (C=O) groups is 1. The quantitative estimate of drug-likeness (QED) is 0.839. The van der Waals surface area contributed by atoms with Crippen molar-refractivity contribution in [1.29, 1.82) is 0 Å². The Kier molecular flexibility index (Phi) is 3.14. The van der Waals surface area contributed by atoms with Crippen molar-refractivity contribution in [2.24, 2.45) is 5.10 Å². The molecule has 1 unspecified atom stereocenters. The molecule has 1 atom stereocenters. The number of furan rings is 1. The Bertz CT molecular complexity index is 658. The topological polar surface area (TPSA) is 45.8 Å². The van der Waals surface area contributed by atoms with Crippen molar-refractivity contribution < 1.29 is 9.21 Å². The van der Waals surface area contributed by atoms with Crippen LogP contribution in [0.4, 0.5) is 0 Å². The maximum atomic E-state index is 11.8. The fourth-order valence-electron chi connectivity index (χ4n) is 2.47. The molecule has 0 aliphatic carbocycles. The minimum Gasteiger partial charge on any atom is -0.460 e. The SMILES string of the molecule is CC(=O)N1N=C(c2ccc(C)o2)CC1c1ccccc1. The minimum atomic E-state index is -0.0582. The smallest absolute Gasteiger partial charge is 0.240 e. The van der Waals surface area contributed by atoms with Crippen LogP contribution in [0.1, 0.15) is 36.5 Å². The summed E-state index contributed by atoms with van der Waals surface area (Å²) in [6.07, 6.45) is 0.677. The third kappa shape index (κ3) is 2.25. The highest BCUT2D eigenvalue weighted by atomic mass is 16.3.